The molecule has 3 rings (SSSR count). The van der Waals surface area contributed by atoms with Gasteiger partial charge in [-0.1, -0.05) is 31.7 Å². The smallest absolute Gasteiger partial charge is 0.251 e. The lowest BCUT2D eigenvalue weighted by atomic mass is 10.1. The Kier molecular flexibility index (Phi) is 11.6. The van der Waals surface area contributed by atoms with Gasteiger partial charge < -0.3 is 15.4 Å². The maximum Gasteiger partial charge on any atom is 0.251 e. The van der Waals surface area contributed by atoms with E-state index in [0.717, 1.165) is 6.54 Å². The molecule has 1 aliphatic carbocycles. The highest BCUT2D eigenvalue weighted by atomic mass is 35.5. The number of ether oxygens (including phenoxy) is 1. The molecule has 2 aromatic rings. The van der Waals surface area contributed by atoms with Gasteiger partial charge in [-0.05, 0) is 43.2 Å². The van der Waals surface area contributed by atoms with E-state index >= 15 is 0 Å². The molecule has 1 aliphatic rings. The number of aromatic nitrogens is 1. The molecule has 0 aliphatic heterocycles. The molecule has 1 aromatic carbocycles. The minimum atomic E-state index is -0.0761. The SMILES string of the molecule is Cl.Cl.O=C(NCCNC1CCCCCC1)c1cccc(Oc2ccncc2)c1. The van der Waals surface area contributed by atoms with Gasteiger partial charge in [0.1, 0.15) is 11.5 Å². The van der Waals surface area contributed by atoms with Crippen LogP contribution in [0.2, 0.25) is 0 Å². The fourth-order valence-corrected chi connectivity index (χ4v) is 3.28. The topological polar surface area (TPSA) is 63.2 Å². The molecule has 0 saturated heterocycles. The normalized spacial score (nSPS) is 14.1. The Balaban J connectivity index is 0.00000196. The average Bonchev–Trinajstić information content (AvgIpc) is 2.95. The number of pyridine rings is 1. The molecular formula is C21H29Cl2N3O2. The summed E-state index contributed by atoms with van der Waals surface area (Å²) in [5, 5.41) is 6.55. The first-order valence-electron chi connectivity index (χ1n) is 9.51. The Morgan fingerprint density at radius 1 is 0.964 bits per heavy atom. The van der Waals surface area contributed by atoms with E-state index in [9.17, 15) is 4.79 Å². The van der Waals surface area contributed by atoms with E-state index in [-0.39, 0.29) is 30.7 Å². The van der Waals surface area contributed by atoms with E-state index in [2.05, 4.69) is 15.6 Å². The number of rotatable bonds is 7. The first-order valence-corrected chi connectivity index (χ1v) is 9.51. The molecule has 0 radical (unpaired) electrons. The zero-order valence-corrected chi connectivity index (χ0v) is 17.6. The summed E-state index contributed by atoms with van der Waals surface area (Å²) < 4.78 is 5.75. The first-order chi connectivity index (χ1) is 12.8. The molecule has 154 valence electrons. The number of hydrogen-bond acceptors (Lipinski definition) is 4. The molecule has 2 N–H and O–H groups in total. The molecule has 28 heavy (non-hydrogen) atoms. The van der Waals surface area contributed by atoms with Crippen molar-refractivity contribution in [2.45, 2.75) is 44.6 Å². The molecule has 7 heteroatoms. The van der Waals surface area contributed by atoms with Crippen LogP contribution in [0.3, 0.4) is 0 Å². The average molecular weight is 426 g/mol. The largest absolute Gasteiger partial charge is 0.457 e. The zero-order valence-electron chi connectivity index (χ0n) is 15.9. The second kappa shape index (κ2) is 13.4. The maximum absolute atomic E-state index is 12.4. The third-order valence-corrected chi connectivity index (χ3v) is 4.68. The molecule has 1 amide bonds. The quantitative estimate of drug-likeness (QED) is 0.495. The number of benzene rings is 1. The predicted molar refractivity (Wildman–Crippen MR) is 117 cm³/mol. The van der Waals surface area contributed by atoms with Crippen LogP contribution in [0, 0.1) is 0 Å². The third kappa shape index (κ3) is 8.05. The Hall–Kier alpha value is -1.82. The molecule has 1 aromatic heterocycles. The summed E-state index contributed by atoms with van der Waals surface area (Å²) in [6.07, 6.45) is 11.2. The molecule has 0 atom stereocenters. The zero-order chi connectivity index (χ0) is 18.0. The van der Waals surface area contributed by atoms with Crippen LogP contribution in [-0.2, 0) is 0 Å². The van der Waals surface area contributed by atoms with Crippen LogP contribution in [0.15, 0.2) is 48.8 Å². The molecule has 0 spiro atoms. The monoisotopic (exact) mass is 425 g/mol. The van der Waals surface area contributed by atoms with Crippen molar-refractivity contribution in [2.24, 2.45) is 0 Å². The van der Waals surface area contributed by atoms with Gasteiger partial charge in [0.15, 0.2) is 0 Å². The highest BCUT2D eigenvalue weighted by molar-refractivity contribution is 5.94. The van der Waals surface area contributed by atoms with Crippen LogP contribution < -0.4 is 15.4 Å². The number of halogens is 2. The molecule has 5 nitrogen and oxygen atoms in total. The van der Waals surface area contributed by atoms with Gasteiger partial charge in [0, 0.05) is 37.1 Å². The number of carbonyl (C=O) groups is 1. The van der Waals surface area contributed by atoms with Crippen molar-refractivity contribution in [3.8, 4) is 11.5 Å². The first kappa shape index (κ1) is 24.2. The van der Waals surface area contributed by atoms with Crippen LogP contribution in [0.1, 0.15) is 48.9 Å². The highest BCUT2D eigenvalue weighted by Gasteiger charge is 2.11. The Morgan fingerprint density at radius 3 is 2.39 bits per heavy atom. The lowest BCUT2D eigenvalue weighted by Gasteiger charge is -2.16. The van der Waals surface area contributed by atoms with Crippen LogP contribution in [0.5, 0.6) is 11.5 Å². The van der Waals surface area contributed by atoms with Gasteiger partial charge in [0.05, 0.1) is 0 Å². The molecule has 1 fully saturated rings. The summed E-state index contributed by atoms with van der Waals surface area (Å²) in [5.41, 5.74) is 0.603. The Morgan fingerprint density at radius 2 is 1.68 bits per heavy atom. The minimum Gasteiger partial charge on any atom is -0.457 e. The molecule has 0 unspecified atom stereocenters. The second-order valence-electron chi connectivity index (χ2n) is 6.71. The van der Waals surface area contributed by atoms with Gasteiger partial charge in [-0.2, -0.15) is 0 Å². The number of nitrogens with one attached hydrogen (secondary N) is 2. The van der Waals surface area contributed by atoms with Crippen LogP contribution in [0.4, 0.5) is 0 Å². The van der Waals surface area contributed by atoms with Crippen molar-refractivity contribution in [1.29, 1.82) is 0 Å². The van der Waals surface area contributed by atoms with Crippen molar-refractivity contribution in [2.75, 3.05) is 13.1 Å². The van der Waals surface area contributed by atoms with Crippen molar-refractivity contribution in [1.82, 2.24) is 15.6 Å². The number of hydrogen-bond donors (Lipinski definition) is 2. The van der Waals surface area contributed by atoms with E-state index in [1.54, 1.807) is 36.7 Å². The summed E-state index contributed by atoms with van der Waals surface area (Å²) >= 11 is 0. The fourth-order valence-electron chi connectivity index (χ4n) is 3.28. The molecule has 1 heterocycles. The van der Waals surface area contributed by atoms with E-state index in [1.807, 2.05) is 12.1 Å². The van der Waals surface area contributed by atoms with Gasteiger partial charge >= 0.3 is 0 Å². The molecule has 1 saturated carbocycles. The van der Waals surface area contributed by atoms with Crippen molar-refractivity contribution < 1.29 is 9.53 Å². The lowest BCUT2D eigenvalue weighted by Crippen LogP contribution is -2.36. The van der Waals surface area contributed by atoms with Gasteiger partial charge in [-0.15, -0.1) is 24.8 Å². The van der Waals surface area contributed by atoms with Gasteiger partial charge in [0.25, 0.3) is 5.91 Å². The summed E-state index contributed by atoms with van der Waals surface area (Å²) in [4.78, 5) is 16.3. The van der Waals surface area contributed by atoms with E-state index in [0.29, 0.717) is 29.6 Å². The standard InChI is InChI=1S/C21H27N3O2.2ClH/c25-21(24-15-14-23-18-7-3-1-2-4-8-18)17-6-5-9-20(16-17)26-19-10-12-22-13-11-19;;/h5-6,9-13,16,18,23H,1-4,7-8,14-15H2,(H,24,25);2*1H. The van der Waals surface area contributed by atoms with E-state index in [1.165, 1.54) is 38.5 Å². The van der Waals surface area contributed by atoms with Gasteiger partial charge in [0.2, 0.25) is 0 Å². The summed E-state index contributed by atoms with van der Waals surface area (Å²) in [6, 6.07) is 11.4. The Bertz CT molecular complexity index is 693. The van der Waals surface area contributed by atoms with E-state index in [4.69, 9.17) is 4.74 Å². The molecular weight excluding hydrogens is 397 g/mol. The number of nitrogens with zero attached hydrogens (tertiary/aromatic N) is 1. The lowest BCUT2D eigenvalue weighted by molar-refractivity contribution is 0.0953. The van der Waals surface area contributed by atoms with Crippen LogP contribution in [0.25, 0.3) is 0 Å². The molecule has 0 bridgehead atoms. The third-order valence-electron chi connectivity index (χ3n) is 4.68. The van der Waals surface area contributed by atoms with Gasteiger partial charge in [-0.3, -0.25) is 9.78 Å². The fraction of sp³-hybridized carbons (Fsp3) is 0.429. The summed E-state index contributed by atoms with van der Waals surface area (Å²) in [5.74, 6) is 1.26. The minimum absolute atomic E-state index is 0. The van der Waals surface area contributed by atoms with Crippen molar-refractivity contribution in [3.05, 3.63) is 54.4 Å². The highest BCUT2D eigenvalue weighted by Crippen LogP contribution is 2.21. The van der Waals surface area contributed by atoms with Crippen molar-refractivity contribution >= 4 is 30.7 Å². The van der Waals surface area contributed by atoms with Crippen LogP contribution in [-0.4, -0.2) is 30.0 Å². The predicted octanol–water partition coefficient (Wildman–Crippen LogP) is 4.76. The number of carbonyl (C=O) groups excluding carboxylic acids is 1. The second-order valence-corrected chi connectivity index (χ2v) is 6.71. The van der Waals surface area contributed by atoms with Gasteiger partial charge in [-0.25, -0.2) is 0 Å². The summed E-state index contributed by atoms with van der Waals surface area (Å²) in [7, 11) is 0. The Labute approximate surface area is 179 Å². The maximum atomic E-state index is 12.4. The summed E-state index contributed by atoms with van der Waals surface area (Å²) in [6.45, 7) is 1.44. The van der Waals surface area contributed by atoms with Crippen molar-refractivity contribution in [3.63, 3.8) is 0 Å². The van der Waals surface area contributed by atoms with Crippen LogP contribution >= 0.6 is 24.8 Å². The number of amides is 1. The van der Waals surface area contributed by atoms with E-state index < -0.39 is 0 Å².